The molecule has 148 valence electrons. The molecule has 2 rings (SSSR count). The molecular weight excluding hydrogens is 525 g/mol. The van der Waals surface area contributed by atoms with Crippen LogP contribution in [0.3, 0.4) is 0 Å². The Hall–Kier alpha value is -1.68. The summed E-state index contributed by atoms with van der Waals surface area (Å²) >= 11 is 3.45. The second kappa shape index (κ2) is 11.9. The van der Waals surface area contributed by atoms with Gasteiger partial charge >= 0.3 is 0 Å². The normalized spacial score (nSPS) is 10.7. The molecule has 2 aromatic carbocycles. The van der Waals surface area contributed by atoms with Crippen molar-refractivity contribution in [2.45, 2.75) is 13.0 Å². The Morgan fingerprint density at radius 3 is 2.33 bits per heavy atom. The molecule has 0 amide bonds. The van der Waals surface area contributed by atoms with Crippen LogP contribution in [-0.2, 0) is 13.0 Å². The number of aliphatic imine (C=N–C) groups is 1. The fourth-order valence-electron chi connectivity index (χ4n) is 2.47. The number of ether oxygens (including phenoxy) is 3. The summed E-state index contributed by atoms with van der Waals surface area (Å²) in [4.78, 5) is 4.37. The Labute approximate surface area is 185 Å². The first-order valence-electron chi connectivity index (χ1n) is 8.14. The molecule has 0 fully saturated rings. The van der Waals surface area contributed by atoms with Gasteiger partial charge < -0.3 is 25.3 Å². The summed E-state index contributed by atoms with van der Waals surface area (Å²) in [5.74, 6) is 2.62. The molecule has 0 aromatic heterocycles. The van der Waals surface area contributed by atoms with E-state index in [1.807, 2.05) is 36.4 Å². The molecule has 6 nitrogen and oxygen atoms in total. The predicted octanol–water partition coefficient (Wildman–Crippen LogP) is 3.74. The van der Waals surface area contributed by atoms with Gasteiger partial charge in [0.05, 0.1) is 27.9 Å². The highest BCUT2D eigenvalue weighted by Crippen LogP contribution is 2.27. The summed E-state index contributed by atoms with van der Waals surface area (Å²) in [6.07, 6.45) is 0.788. The van der Waals surface area contributed by atoms with Crippen molar-refractivity contribution < 1.29 is 14.2 Å². The smallest absolute Gasteiger partial charge is 0.188 e. The topological polar surface area (TPSA) is 78.1 Å². The van der Waals surface area contributed by atoms with Gasteiger partial charge in [0.25, 0.3) is 0 Å². The van der Waals surface area contributed by atoms with E-state index in [2.05, 4.69) is 26.2 Å². The number of nitrogens with zero attached hydrogens (tertiary/aromatic N) is 1. The molecule has 2 aromatic rings. The van der Waals surface area contributed by atoms with Gasteiger partial charge in [0.15, 0.2) is 17.5 Å². The van der Waals surface area contributed by atoms with Gasteiger partial charge in [0.1, 0.15) is 5.75 Å². The lowest BCUT2D eigenvalue weighted by Crippen LogP contribution is -2.33. The molecule has 0 aliphatic rings. The van der Waals surface area contributed by atoms with Crippen LogP contribution in [0.15, 0.2) is 45.9 Å². The number of nitrogens with one attached hydrogen (secondary N) is 1. The molecule has 0 spiro atoms. The van der Waals surface area contributed by atoms with Gasteiger partial charge in [-0.3, -0.25) is 0 Å². The van der Waals surface area contributed by atoms with Crippen LogP contribution in [0.2, 0.25) is 0 Å². The summed E-state index contributed by atoms with van der Waals surface area (Å²) in [6, 6.07) is 11.7. The third kappa shape index (κ3) is 7.10. The first-order chi connectivity index (χ1) is 12.6. The lowest BCUT2D eigenvalue weighted by Gasteiger charge is -2.11. The summed E-state index contributed by atoms with van der Waals surface area (Å²) in [7, 11) is 4.89. The molecule has 0 heterocycles. The van der Waals surface area contributed by atoms with Crippen molar-refractivity contribution in [3.8, 4) is 17.2 Å². The fraction of sp³-hybridized carbons (Fsp3) is 0.316. The summed E-state index contributed by atoms with van der Waals surface area (Å²) in [5.41, 5.74) is 8.04. The molecule has 8 heteroatoms. The van der Waals surface area contributed by atoms with Crippen LogP contribution in [0.1, 0.15) is 11.1 Å². The Morgan fingerprint density at radius 1 is 1.00 bits per heavy atom. The summed E-state index contributed by atoms with van der Waals surface area (Å²) < 4.78 is 16.9. The fourth-order valence-corrected chi connectivity index (χ4v) is 2.88. The molecular formula is C19H25BrIN3O3. The second-order valence-electron chi connectivity index (χ2n) is 5.52. The lowest BCUT2D eigenvalue weighted by molar-refractivity contribution is 0.354. The largest absolute Gasteiger partial charge is 0.496 e. The molecule has 0 radical (unpaired) electrons. The van der Waals surface area contributed by atoms with Crippen molar-refractivity contribution in [1.82, 2.24) is 5.32 Å². The van der Waals surface area contributed by atoms with Crippen LogP contribution < -0.4 is 25.3 Å². The van der Waals surface area contributed by atoms with Gasteiger partial charge in [-0.2, -0.15) is 0 Å². The zero-order valence-corrected chi connectivity index (χ0v) is 19.5. The van der Waals surface area contributed by atoms with Gasteiger partial charge in [0, 0.05) is 16.6 Å². The minimum absolute atomic E-state index is 0. The van der Waals surface area contributed by atoms with Gasteiger partial charge in [-0.25, -0.2) is 4.99 Å². The Kier molecular flexibility index (Phi) is 10.3. The zero-order valence-electron chi connectivity index (χ0n) is 15.6. The van der Waals surface area contributed by atoms with Crippen LogP contribution in [0.4, 0.5) is 0 Å². The van der Waals surface area contributed by atoms with Crippen LogP contribution >= 0.6 is 39.9 Å². The van der Waals surface area contributed by atoms with E-state index >= 15 is 0 Å². The van der Waals surface area contributed by atoms with Gasteiger partial charge in [-0.05, 0) is 42.3 Å². The maximum atomic E-state index is 5.96. The first-order valence-corrected chi connectivity index (χ1v) is 8.93. The van der Waals surface area contributed by atoms with E-state index in [0.29, 0.717) is 30.5 Å². The van der Waals surface area contributed by atoms with E-state index in [0.717, 1.165) is 27.8 Å². The van der Waals surface area contributed by atoms with Crippen LogP contribution in [0.25, 0.3) is 0 Å². The quantitative estimate of drug-likeness (QED) is 0.298. The maximum absolute atomic E-state index is 5.96. The highest BCUT2D eigenvalue weighted by molar-refractivity contribution is 14.0. The van der Waals surface area contributed by atoms with Crippen LogP contribution in [-0.4, -0.2) is 33.8 Å². The number of hydrogen-bond donors (Lipinski definition) is 2. The van der Waals surface area contributed by atoms with E-state index in [9.17, 15) is 0 Å². The molecule has 3 N–H and O–H groups in total. The van der Waals surface area contributed by atoms with Crippen molar-refractivity contribution in [2.75, 3.05) is 27.9 Å². The first kappa shape index (κ1) is 23.4. The van der Waals surface area contributed by atoms with E-state index in [1.54, 1.807) is 21.3 Å². The molecule has 27 heavy (non-hydrogen) atoms. The number of rotatable bonds is 8. The highest BCUT2D eigenvalue weighted by Gasteiger charge is 2.05. The minimum atomic E-state index is 0. The van der Waals surface area contributed by atoms with E-state index in [-0.39, 0.29) is 24.0 Å². The number of guanidine groups is 1. The number of halogens is 2. The SMILES string of the molecule is COc1ccc(Br)cc1CN=C(N)NCCc1ccc(OC)c(OC)c1.I. The molecule has 0 atom stereocenters. The van der Waals surface area contributed by atoms with Crippen molar-refractivity contribution in [1.29, 1.82) is 0 Å². The lowest BCUT2D eigenvalue weighted by atomic mass is 10.1. The number of benzene rings is 2. The average molecular weight is 550 g/mol. The highest BCUT2D eigenvalue weighted by atomic mass is 127. The van der Waals surface area contributed by atoms with E-state index < -0.39 is 0 Å². The third-order valence-corrected chi connectivity index (χ3v) is 4.32. The summed E-state index contributed by atoms with van der Waals surface area (Å²) in [6.45, 7) is 1.11. The van der Waals surface area contributed by atoms with Crippen LogP contribution in [0, 0.1) is 0 Å². The standard InChI is InChI=1S/C19H24BrN3O3.HI/c1-24-16-7-5-15(20)11-14(16)12-23-19(21)22-9-8-13-4-6-17(25-2)18(10-13)26-3;/h4-7,10-11H,8-9,12H2,1-3H3,(H3,21,22,23);1H. The van der Waals surface area contributed by atoms with Gasteiger partial charge in [-0.15, -0.1) is 24.0 Å². The number of hydrogen-bond acceptors (Lipinski definition) is 4. The van der Waals surface area contributed by atoms with E-state index in [4.69, 9.17) is 19.9 Å². The van der Waals surface area contributed by atoms with Crippen molar-refractivity contribution >= 4 is 45.9 Å². The molecule has 0 saturated carbocycles. The second-order valence-corrected chi connectivity index (χ2v) is 6.44. The predicted molar refractivity (Wildman–Crippen MR) is 123 cm³/mol. The average Bonchev–Trinajstić information content (AvgIpc) is 2.66. The van der Waals surface area contributed by atoms with Crippen LogP contribution in [0.5, 0.6) is 17.2 Å². The molecule has 0 aliphatic carbocycles. The monoisotopic (exact) mass is 549 g/mol. The molecule has 0 bridgehead atoms. The van der Waals surface area contributed by atoms with Crippen molar-refractivity contribution in [3.05, 3.63) is 52.0 Å². The number of nitrogens with two attached hydrogens (primary N) is 1. The minimum Gasteiger partial charge on any atom is -0.496 e. The maximum Gasteiger partial charge on any atom is 0.188 e. The van der Waals surface area contributed by atoms with Gasteiger partial charge in [0.2, 0.25) is 0 Å². The zero-order chi connectivity index (χ0) is 18.9. The Balaban J connectivity index is 0.00000364. The van der Waals surface area contributed by atoms with Gasteiger partial charge in [-0.1, -0.05) is 22.0 Å². The van der Waals surface area contributed by atoms with Crippen molar-refractivity contribution in [2.24, 2.45) is 10.7 Å². The van der Waals surface area contributed by atoms with Crippen molar-refractivity contribution in [3.63, 3.8) is 0 Å². The van der Waals surface area contributed by atoms with E-state index in [1.165, 1.54) is 0 Å². The number of methoxy groups -OCH3 is 3. The third-order valence-electron chi connectivity index (χ3n) is 3.83. The Morgan fingerprint density at radius 2 is 1.67 bits per heavy atom. The summed E-state index contributed by atoms with van der Waals surface area (Å²) in [5, 5.41) is 3.12. The molecule has 0 aliphatic heterocycles. The molecule has 0 saturated heterocycles. The Bertz CT molecular complexity index is 772. The molecule has 0 unspecified atom stereocenters.